The van der Waals surface area contributed by atoms with Gasteiger partial charge in [0.2, 0.25) is 5.91 Å². The molecule has 0 atom stereocenters. The molecule has 2 heterocycles. The lowest BCUT2D eigenvalue weighted by molar-refractivity contribution is -0.137. The van der Waals surface area contributed by atoms with Gasteiger partial charge in [0, 0.05) is 38.4 Å². The Morgan fingerprint density at radius 1 is 1.03 bits per heavy atom. The molecule has 0 bridgehead atoms. The minimum Gasteiger partial charge on any atom is -0.385 e. The van der Waals surface area contributed by atoms with Crippen LogP contribution in [-0.2, 0) is 23.1 Å². The Morgan fingerprint density at radius 3 is 2.38 bits per heavy atom. The number of likely N-dealkylation sites (tertiary alicyclic amines) is 1. The summed E-state index contributed by atoms with van der Waals surface area (Å²) in [5, 5.41) is 10.9. The number of piperidine rings is 1. The maximum absolute atomic E-state index is 12.9. The zero-order chi connectivity index (χ0) is 20.9. The predicted molar refractivity (Wildman–Crippen MR) is 104 cm³/mol. The number of benzene rings is 1. The van der Waals surface area contributed by atoms with Crippen molar-refractivity contribution in [3.05, 3.63) is 59.9 Å². The van der Waals surface area contributed by atoms with E-state index in [1.54, 1.807) is 4.90 Å². The van der Waals surface area contributed by atoms with Crippen LogP contribution in [0.1, 0.15) is 49.7 Å². The van der Waals surface area contributed by atoms with Crippen molar-refractivity contribution < 1.29 is 23.1 Å². The summed E-state index contributed by atoms with van der Waals surface area (Å²) >= 11 is 0. The molecule has 1 amide bonds. The third-order valence-electron chi connectivity index (χ3n) is 5.64. The van der Waals surface area contributed by atoms with Gasteiger partial charge in [-0.3, -0.25) is 4.79 Å². The van der Waals surface area contributed by atoms with Crippen molar-refractivity contribution in [2.24, 2.45) is 0 Å². The lowest BCUT2D eigenvalue weighted by atomic mass is 9.83. The van der Waals surface area contributed by atoms with E-state index in [4.69, 9.17) is 0 Å². The van der Waals surface area contributed by atoms with E-state index in [1.807, 2.05) is 24.5 Å². The monoisotopic (exact) mass is 408 g/mol. The van der Waals surface area contributed by atoms with E-state index in [0.29, 0.717) is 19.5 Å². The molecule has 2 aromatic rings. The number of amides is 1. The summed E-state index contributed by atoms with van der Waals surface area (Å²) in [4.78, 5) is 14.1. The molecule has 1 saturated heterocycles. The van der Waals surface area contributed by atoms with Gasteiger partial charge in [-0.25, -0.2) is 0 Å². The van der Waals surface area contributed by atoms with E-state index in [9.17, 15) is 23.1 Å². The van der Waals surface area contributed by atoms with Gasteiger partial charge in [-0.15, -0.1) is 0 Å². The first kappa shape index (κ1) is 21.4. The molecular weight excluding hydrogens is 381 g/mol. The number of unbranched alkanes of at least 4 members (excludes halogenated alkanes) is 2. The molecule has 1 N–H and O–H groups in total. The van der Waals surface area contributed by atoms with E-state index in [1.165, 1.54) is 12.1 Å². The van der Waals surface area contributed by atoms with E-state index >= 15 is 0 Å². The summed E-state index contributed by atoms with van der Waals surface area (Å²) in [6.45, 7) is 1.65. The van der Waals surface area contributed by atoms with E-state index in [2.05, 4.69) is 4.57 Å². The average molecular weight is 408 g/mol. The quantitative estimate of drug-likeness (QED) is 0.682. The largest absolute Gasteiger partial charge is 0.416 e. The van der Waals surface area contributed by atoms with Gasteiger partial charge < -0.3 is 14.6 Å². The predicted octanol–water partition coefficient (Wildman–Crippen LogP) is 4.58. The van der Waals surface area contributed by atoms with Crippen LogP contribution in [0.2, 0.25) is 0 Å². The third-order valence-corrected chi connectivity index (χ3v) is 5.64. The molecule has 0 spiro atoms. The molecule has 3 rings (SSSR count). The first-order valence-electron chi connectivity index (χ1n) is 10.1. The smallest absolute Gasteiger partial charge is 0.385 e. The summed E-state index contributed by atoms with van der Waals surface area (Å²) in [5.74, 6) is 0.0528. The minimum atomic E-state index is -4.44. The van der Waals surface area contributed by atoms with Gasteiger partial charge in [0.1, 0.15) is 0 Å². The van der Waals surface area contributed by atoms with Crippen molar-refractivity contribution in [1.82, 2.24) is 9.47 Å². The van der Waals surface area contributed by atoms with Gasteiger partial charge in [-0.05, 0) is 55.5 Å². The van der Waals surface area contributed by atoms with Gasteiger partial charge in [-0.2, -0.15) is 13.2 Å². The molecule has 0 saturated carbocycles. The Morgan fingerprint density at radius 2 is 1.72 bits per heavy atom. The van der Waals surface area contributed by atoms with Crippen molar-refractivity contribution >= 4 is 5.91 Å². The van der Waals surface area contributed by atoms with E-state index in [-0.39, 0.29) is 24.3 Å². The molecule has 7 heteroatoms. The number of carbonyl (C=O) groups is 1. The number of aromatic nitrogens is 1. The maximum atomic E-state index is 12.9. The van der Waals surface area contributed by atoms with Crippen LogP contribution in [0.3, 0.4) is 0 Å². The first-order valence-corrected chi connectivity index (χ1v) is 10.1. The molecule has 0 aliphatic carbocycles. The Balaban J connectivity index is 1.45. The van der Waals surface area contributed by atoms with Crippen LogP contribution in [0.25, 0.3) is 0 Å². The van der Waals surface area contributed by atoms with Gasteiger partial charge in [0.15, 0.2) is 0 Å². The Kier molecular flexibility index (Phi) is 6.67. The summed E-state index contributed by atoms with van der Waals surface area (Å²) in [7, 11) is 0. The first-order chi connectivity index (χ1) is 13.8. The highest BCUT2D eigenvalue weighted by Crippen LogP contribution is 2.36. The highest BCUT2D eigenvalue weighted by molar-refractivity contribution is 5.76. The van der Waals surface area contributed by atoms with Crippen LogP contribution in [0.5, 0.6) is 0 Å². The molecule has 158 valence electrons. The molecule has 1 aliphatic heterocycles. The number of carbonyl (C=O) groups excluding carboxylic acids is 1. The second-order valence-electron chi connectivity index (χ2n) is 7.72. The fourth-order valence-corrected chi connectivity index (χ4v) is 3.82. The minimum absolute atomic E-state index is 0.0528. The van der Waals surface area contributed by atoms with Gasteiger partial charge in [0.05, 0.1) is 11.2 Å². The van der Waals surface area contributed by atoms with Crippen LogP contribution in [-0.4, -0.2) is 33.6 Å². The number of halogens is 3. The molecule has 1 aliphatic rings. The van der Waals surface area contributed by atoms with E-state index < -0.39 is 17.3 Å². The molecule has 1 aromatic heterocycles. The maximum Gasteiger partial charge on any atom is 0.416 e. The van der Waals surface area contributed by atoms with Crippen LogP contribution < -0.4 is 0 Å². The number of hydrogen-bond acceptors (Lipinski definition) is 2. The fourth-order valence-electron chi connectivity index (χ4n) is 3.82. The molecule has 29 heavy (non-hydrogen) atoms. The number of aryl methyl sites for hydroxylation is 1. The summed E-state index contributed by atoms with van der Waals surface area (Å²) < 4.78 is 40.9. The van der Waals surface area contributed by atoms with Crippen molar-refractivity contribution in [3.8, 4) is 0 Å². The van der Waals surface area contributed by atoms with Crippen molar-refractivity contribution in [2.75, 3.05) is 13.1 Å². The standard InChI is InChI=1S/C22H27F3N2O2/c23-22(24,25)19-8-6-7-18(17-19)21(29)10-15-27(16-11-21)20(28)9-2-1-3-12-26-13-4-5-14-26/h4-8,13-14,17,29H,1-3,9-12,15-16H2. The average Bonchev–Trinajstić information content (AvgIpc) is 3.21. The van der Waals surface area contributed by atoms with Gasteiger partial charge >= 0.3 is 6.18 Å². The number of rotatable bonds is 7. The topological polar surface area (TPSA) is 45.5 Å². The third kappa shape index (κ3) is 5.63. The van der Waals surface area contributed by atoms with Crippen LogP contribution in [0.15, 0.2) is 48.8 Å². The Hall–Kier alpha value is -2.28. The molecular formula is C22H27F3N2O2. The Labute approximate surface area is 168 Å². The zero-order valence-electron chi connectivity index (χ0n) is 16.4. The van der Waals surface area contributed by atoms with Crippen molar-refractivity contribution in [1.29, 1.82) is 0 Å². The van der Waals surface area contributed by atoms with Crippen molar-refractivity contribution in [2.45, 2.75) is 56.8 Å². The summed E-state index contributed by atoms with van der Waals surface area (Å²) in [6.07, 6.45) is 3.34. The summed E-state index contributed by atoms with van der Waals surface area (Å²) in [5.41, 5.74) is -1.82. The number of alkyl halides is 3. The van der Waals surface area contributed by atoms with Gasteiger partial charge in [-0.1, -0.05) is 18.6 Å². The zero-order valence-corrected chi connectivity index (χ0v) is 16.4. The molecule has 1 fully saturated rings. The second-order valence-corrected chi connectivity index (χ2v) is 7.72. The van der Waals surface area contributed by atoms with Crippen LogP contribution in [0, 0.1) is 0 Å². The highest BCUT2D eigenvalue weighted by Gasteiger charge is 2.37. The lowest BCUT2D eigenvalue weighted by Crippen LogP contribution is -2.45. The second kappa shape index (κ2) is 9.03. The van der Waals surface area contributed by atoms with Gasteiger partial charge in [0.25, 0.3) is 0 Å². The summed E-state index contributed by atoms with van der Waals surface area (Å²) in [6, 6.07) is 8.84. The van der Waals surface area contributed by atoms with Crippen LogP contribution in [0.4, 0.5) is 13.2 Å². The van der Waals surface area contributed by atoms with E-state index in [0.717, 1.165) is 37.9 Å². The highest BCUT2D eigenvalue weighted by atomic mass is 19.4. The van der Waals surface area contributed by atoms with Crippen LogP contribution >= 0.6 is 0 Å². The number of nitrogens with zero attached hydrogens (tertiary/aromatic N) is 2. The normalized spacial score (nSPS) is 16.8. The molecule has 4 nitrogen and oxygen atoms in total. The molecule has 0 unspecified atom stereocenters. The molecule has 0 radical (unpaired) electrons. The SMILES string of the molecule is O=C(CCCCCn1cccc1)N1CCC(O)(c2cccc(C(F)(F)F)c2)CC1. The number of hydrogen-bond donors (Lipinski definition) is 1. The molecule has 1 aromatic carbocycles. The fraction of sp³-hybridized carbons (Fsp3) is 0.500. The number of aliphatic hydroxyl groups is 1. The lowest BCUT2D eigenvalue weighted by Gasteiger charge is -2.38. The van der Waals surface area contributed by atoms with Crippen molar-refractivity contribution in [3.63, 3.8) is 0 Å². The Bertz CT molecular complexity index is 795.